The van der Waals surface area contributed by atoms with Gasteiger partial charge in [-0.25, -0.2) is 4.79 Å². The van der Waals surface area contributed by atoms with Gasteiger partial charge in [0.15, 0.2) is 11.0 Å². The topological polar surface area (TPSA) is 81.6 Å². The van der Waals surface area contributed by atoms with Crippen LogP contribution in [-0.4, -0.2) is 59.3 Å². The Labute approximate surface area is 120 Å². The van der Waals surface area contributed by atoms with Gasteiger partial charge in [-0.1, -0.05) is 23.2 Å². The summed E-state index contributed by atoms with van der Waals surface area (Å²) in [6.07, 6.45) is -0.914. The van der Waals surface area contributed by atoms with Crippen LogP contribution in [-0.2, 0) is 0 Å². The summed E-state index contributed by atoms with van der Waals surface area (Å²) in [6, 6.07) is 0. The number of amides is 1. The first-order valence-corrected chi connectivity index (χ1v) is 6.42. The minimum atomic E-state index is -0.914. The second-order valence-corrected chi connectivity index (χ2v) is 4.72. The van der Waals surface area contributed by atoms with E-state index in [1.54, 1.807) is 7.05 Å². The zero-order valence-electron chi connectivity index (χ0n) is 10.2. The number of carboxylic acid groups (broad SMARTS) is 1. The molecule has 0 aromatic carbocycles. The van der Waals surface area contributed by atoms with Crippen LogP contribution in [0, 0.1) is 0 Å². The van der Waals surface area contributed by atoms with E-state index in [0.717, 1.165) is 0 Å². The van der Waals surface area contributed by atoms with Crippen LogP contribution in [0.3, 0.4) is 0 Å². The fraction of sp³-hybridized carbons (Fsp3) is 0.500. The molecule has 1 amide bonds. The minimum absolute atomic E-state index is 0.177. The van der Waals surface area contributed by atoms with Gasteiger partial charge in [0.05, 0.1) is 0 Å². The second kappa shape index (κ2) is 5.66. The number of piperazine rings is 1. The summed E-state index contributed by atoms with van der Waals surface area (Å²) in [6.45, 7) is 1.84. The van der Waals surface area contributed by atoms with Crippen molar-refractivity contribution in [2.75, 3.05) is 43.4 Å². The van der Waals surface area contributed by atoms with Crippen LogP contribution < -0.4 is 10.2 Å². The number of halogens is 2. The van der Waals surface area contributed by atoms with Gasteiger partial charge in [-0.2, -0.15) is 9.97 Å². The Balaban J connectivity index is 2.19. The molecule has 0 aliphatic carbocycles. The molecule has 2 rings (SSSR count). The summed E-state index contributed by atoms with van der Waals surface area (Å²) in [5.41, 5.74) is 0. The highest BCUT2D eigenvalue weighted by molar-refractivity contribution is 6.42. The average Bonchev–Trinajstić information content (AvgIpc) is 2.41. The smallest absolute Gasteiger partial charge is 0.407 e. The van der Waals surface area contributed by atoms with Crippen LogP contribution >= 0.6 is 23.2 Å². The van der Waals surface area contributed by atoms with E-state index in [1.165, 1.54) is 4.90 Å². The largest absolute Gasteiger partial charge is 0.465 e. The summed E-state index contributed by atoms with van der Waals surface area (Å²) < 4.78 is 0. The van der Waals surface area contributed by atoms with Crippen LogP contribution in [0.25, 0.3) is 0 Å². The normalized spacial score (nSPS) is 15.5. The molecule has 9 heteroatoms. The van der Waals surface area contributed by atoms with Gasteiger partial charge in [-0.3, -0.25) is 0 Å². The van der Waals surface area contributed by atoms with Gasteiger partial charge >= 0.3 is 6.09 Å². The number of anilines is 2. The van der Waals surface area contributed by atoms with Crippen molar-refractivity contribution in [2.24, 2.45) is 0 Å². The van der Waals surface area contributed by atoms with Crippen molar-refractivity contribution in [3.8, 4) is 0 Å². The standard InChI is InChI=1S/C10H13Cl2N5O2/c1-13-9-14-7(12)6(11)8(15-9)16-2-4-17(5-3-16)10(18)19/h2-5H2,1H3,(H,18,19)(H,13,14,15). The molecule has 2 heterocycles. The summed E-state index contributed by atoms with van der Waals surface area (Å²) >= 11 is 12.0. The molecule has 1 saturated heterocycles. The first kappa shape index (κ1) is 14.0. The number of hydrogen-bond acceptors (Lipinski definition) is 5. The number of nitrogens with zero attached hydrogens (tertiary/aromatic N) is 4. The lowest BCUT2D eigenvalue weighted by molar-refractivity contribution is 0.142. The third-order valence-corrected chi connectivity index (χ3v) is 3.58. The zero-order chi connectivity index (χ0) is 14.0. The van der Waals surface area contributed by atoms with Crippen molar-refractivity contribution in [3.05, 3.63) is 10.2 Å². The predicted molar refractivity (Wildman–Crippen MR) is 73.4 cm³/mol. The summed E-state index contributed by atoms with van der Waals surface area (Å²) in [5.74, 6) is 0.904. The molecule has 0 saturated carbocycles. The first-order chi connectivity index (χ1) is 9.02. The Kier molecular flexibility index (Phi) is 4.16. The van der Waals surface area contributed by atoms with E-state index in [2.05, 4.69) is 15.3 Å². The van der Waals surface area contributed by atoms with Gasteiger partial charge in [0, 0.05) is 33.2 Å². The number of carbonyl (C=O) groups is 1. The summed E-state index contributed by atoms with van der Waals surface area (Å²) in [5, 5.41) is 12.2. The molecule has 0 unspecified atom stereocenters. The Morgan fingerprint density at radius 2 is 1.89 bits per heavy atom. The molecule has 0 spiro atoms. The highest BCUT2D eigenvalue weighted by atomic mass is 35.5. The summed E-state index contributed by atoms with van der Waals surface area (Å²) in [7, 11) is 1.69. The Hall–Kier alpha value is -1.47. The van der Waals surface area contributed by atoms with Gasteiger partial charge in [0.1, 0.15) is 5.02 Å². The van der Waals surface area contributed by atoms with Gasteiger partial charge in [-0.15, -0.1) is 0 Å². The fourth-order valence-corrected chi connectivity index (χ4v) is 2.21. The van der Waals surface area contributed by atoms with Crippen LogP contribution in [0.4, 0.5) is 16.6 Å². The molecule has 0 bridgehead atoms. The quantitative estimate of drug-likeness (QED) is 0.808. The lowest BCUT2D eigenvalue weighted by Crippen LogP contribution is -2.48. The Morgan fingerprint density at radius 3 is 2.42 bits per heavy atom. The van der Waals surface area contributed by atoms with Crippen LogP contribution in [0.5, 0.6) is 0 Å². The molecule has 1 aromatic rings. The molecule has 1 aliphatic heterocycles. The highest BCUT2D eigenvalue weighted by Crippen LogP contribution is 2.31. The van der Waals surface area contributed by atoms with E-state index >= 15 is 0 Å². The predicted octanol–water partition coefficient (Wildman–Crippen LogP) is 1.63. The monoisotopic (exact) mass is 305 g/mol. The number of rotatable bonds is 2. The molecule has 1 aromatic heterocycles. The number of hydrogen-bond donors (Lipinski definition) is 2. The van der Waals surface area contributed by atoms with Gasteiger partial charge < -0.3 is 20.2 Å². The molecular formula is C10H13Cl2N5O2. The molecule has 19 heavy (non-hydrogen) atoms. The first-order valence-electron chi connectivity index (χ1n) is 5.66. The SMILES string of the molecule is CNc1nc(Cl)c(Cl)c(N2CCN(C(=O)O)CC2)n1. The molecule has 0 radical (unpaired) electrons. The maximum Gasteiger partial charge on any atom is 0.407 e. The van der Waals surface area contributed by atoms with Crippen molar-refractivity contribution in [1.82, 2.24) is 14.9 Å². The fourth-order valence-electron chi connectivity index (χ4n) is 1.84. The van der Waals surface area contributed by atoms with Gasteiger partial charge in [-0.05, 0) is 0 Å². The van der Waals surface area contributed by atoms with Gasteiger partial charge in [0.25, 0.3) is 0 Å². The third-order valence-electron chi connectivity index (χ3n) is 2.87. The highest BCUT2D eigenvalue weighted by Gasteiger charge is 2.24. The number of aromatic nitrogens is 2. The van der Waals surface area contributed by atoms with Crippen molar-refractivity contribution < 1.29 is 9.90 Å². The van der Waals surface area contributed by atoms with E-state index in [9.17, 15) is 4.79 Å². The number of nitrogens with one attached hydrogen (secondary N) is 1. The molecule has 104 valence electrons. The maximum absolute atomic E-state index is 10.8. The Morgan fingerprint density at radius 1 is 1.26 bits per heavy atom. The summed E-state index contributed by atoms with van der Waals surface area (Å²) in [4.78, 5) is 22.3. The van der Waals surface area contributed by atoms with Crippen molar-refractivity contribution in [2.45, 2.75) is 0 Å². The zero-order valence-corrected chi connectivity index (χ0v) is 11.7. The molecular weight excluding hydrogens is 293 g/mol. The molecule has 1 aliphatic rings. The second-order valence-electron chi connectivity index (χ2n) is 3.98. The van der Waals surface area contributed by atoms with Crippen LogP contribution in [0.2, 0.25) is 10.2 Å². The van der Waals surface area contributed by atoms with Crippen LogP contribution in [0.15, 0.2) is 0 Å². The molecule has 2 N–H and O–H groups in total. The molecule has 7 nitrogen and oxygen atoms in total. The average molecular weight is 306 g/mol. The Bertz CT molecular complexity index is 491. The van der Waals surface area contributed by atoms with Crippen LogP contribution in [0.1, 0.15) is 0 Å². The van der Waals surface area contributed by atoms with Gasteiger partial charge in [0.2, 0.25) is 5.95 Å². The van der Waals surface area contributed by atoms with E-state index in [1.807, 2.05) is 4.90 Å². The van der Waals surface area contributed by atoms with Crippen molar-refractivity contribution in [1.29, 1.82) is 0 Å². The molecule has 0 atom stereocenters. The lowest BCUT2D eigenvalue weighted by Gasteiger charge is -2.34. The third kappa shape index (κ3) is 2.93. The van der Waals surface area contributed by atoms with Crippen molar-refractivity contribution >= 4 is 41.1 Å². The van der Waals surface area contributed by atoms with E-state index < -0.39 is 6.09 Å². The van der Waals surface area contributed by atoms with Crippen molar-refractivity contribution in [3.63, 3.8) is 0 Å². The maximum atomic E-state index is 10.8. The van der Waals surface area contributed by atoms with E-state index in [4.69, 9.17) is 28.3 Å². The van der Waals surface area contributed by atoms with E-state index in [-0.39, 0.29) is 10.2 Å². The molecule has 1 fully saturated rings. The minimum Gasteiger partial charge on any atom is -0.465 e. The van der Waals surface area contributed by atoms with E-state index in [0.29, 0.717) is 37.9 Å². The lowest BCUT2D eigenvalue weighted by atomic mass is 10.3.